The summed E-state index contributed by atoms with van der Waals surface area (Å²) in [6, 6.07) is 6.13. The smallest absolute Gasteiger partial charge is 0.232 e. The molecule has 1 N–H and O–H groups in total. The van der Waals surface area contributed by atoms with Crippen LogP contribution in [0, 0.1) is 18.8 Å². The minimum Gasteiger partial charge on any atom is -0.493 e. The van der Waals surface area contributed by atoms with Gasteiger partial charge < -0.3 is 14.8 Å². The van der Waals surface area contributed by atoms with E-state index in [2.05, 4.69) is 38.2 Å². The number of nitrogens with zero attached hydrogens (tertiary/aromatic N) is 1. The molecule has 0 aromatic heterocycles. The Kier molecular flexibility index (Phi) is 9.56. The van der Waals surface area contributed by atoms with Crippen LogP contribution in [0.5, 0.6) is 5.75 Å². The zero-order valence-corrected chi connectivity index (χ0v) is 20.2. The van der Waals surface area contributed by atoms with E-state index in [4.69, 9.17) is 21.7 Å². The molecule has 1 aliphatic carbocycles. The molecule has 1 aliphatic rings. The highest BCUT2D eigenvalue weighted by Crippen LogP contribution is 2.28. The molecule has 1 aromatic carbocycles. The van der Waals surface area contributed by atoms with Crippen molar-refractivity contribution in [3.63, 3.8) is 0 Å². The summed E-state index contributed by atoms with van der Waals surface area (Å²) in [5.74, 6) is 1.49. The maximum absolute atomic E-state index is 13.2. The summed E-state index contributed by atoms with van der Waals surface area (Å²) in [6.45, 7) is 11.6. The molecular weight excluding hydrogens is 396 g/mol. The molecule has 1 fully saturated rings. The Morgan fingerprint density at radius 1 is 1.20 bits per heavy atom. The largest absolute Gasteiger partial charge is 0.493 e. The van der Waals surface area contributed by atoms with Crippen LogP contribution in [0.25, 0.3) is 0 Å². The van der Waals surface area contributed by atoms with E-state index in [0.717, 1.165) is 37.0 Å². The number of amides is 1. The monoisotopic (exact) mass is 434 g/mol. The first-order valence-corrected chi connectivity index (χ1v) is 11.5. The van der Waals surface area contributed by atoms with E-state index in [-0.39, 0.29) is 24.0 Å². The van der Waals surface area contributed by atoms with E-state index in [0.29, 0.717) is 24.2 Å². The van der Waals surface area contributed by atoms with E-state index in [9.17, 15) is 4.79 Å². The van der Waals surface area contributed by atoms with Crippen molar-refractivity contribution in [3.8, 4) is 5.75 Å². The SMILES string of the molecule is COC1CCC(C(=O)N(C(=S)NCc2cc(OCC(C)C)ccc2C)C(C)C)CC1. The quantitative estimate of drug-likeness (QED) is 0.593. The maximum atomic E-state index is 13.2. The number of nitrogens with one attached hydrogen (secondary N) is 1. The highest BCUT2D eigenvalue weighted by molar-refractivity contribution is 7.80. The van der Waals surface area contributed by atoms with Gasteiger partial charge in [0.15, 0.2) is 5.11 Å². The van der Waals surface area contributed by atoms with Gasteiger partial charge in [-0.1, -0.05) is 19.9 Å². The number of carbonyl (C=O) groups is 1. The van der Waals surface area contributed by atoms with Gasteiger partial charge in [-0.3, -0.25) is 9.69 Å². The lowest BCUT2D eigenvalue weighted by molar-refractivity contribution is -0.134. The number of methoxy groups -OCH3 is 1. The van der Waals surface area contributed by atoms with Crippen molar-refractivity contribution in [2.45, 2.75) is 79.0 Å². The molecule has 1 amide bonds. The van der Waals surface area contributed by atoms with Crippen LogP contribution in [0.3, 0.4) is 0 Å². The molecule has 168 valence electrons. The van der Waals surface area contributed by atoms with E-state index in [1.807, 2.05) is 19.9 Å². The van der Waals surface area contributed by atoms with Crippen LogP contribution >= 0.6 is 12.2 Å². The molecule has 2 rings (SSSR count). The van der Waals surface area contributed by atoms with Gasteiger partial charge in [-0.2, -0.15) is 0 Å². The summed E-state index contributed by atoms with van der Waals surface area (Å²) in [7, 11) is 1.75. The average Bonchev–Trinajstić information content (AvgIpc) is 2.71. The molecule has 0 saturated heterocycles. The maximum Gasteiger partial charge on any atom is 0.232 e. The standard InChI is InChI=1S/C24H38N2O3S/c1-16(2)15-29-22-10-7-18(5)20(13-22)14-25-24(30)26(17(3)4)23(27)19-8-11-21(28-6)12-9-19/h7,10,13,16-17,19,21H,8-9,11-12,14-15H2,1-6H3,(H,25,30). The third-order valence-corrected chi connectivity index (χ3v) is 6.00. The number of ether oxygens (including phenoxy) is 2. The molecule has 0 unspecified atom stereocenters. The number of thiocarbonyl (C=S) groups is 1. The fourth-order valence-corrected chi connectivity index (χ4v) is 4.15. The Balaban J connectivity index is 2.00. The first-order chi connectivity index (χ1) is 14.2. The van der Waals surface area contributed by atoms with E-state index in [1.54, 1.807) is 12.0 Å². The van der Waals surface area contributed by atoms with Gasteiger partial charge in [-0.25, -0.2) is 0 Å². The van der Waals surface area contributed by atoms with Gasteiger partial charge in [-0.15, -0.1) is 0 Å². The van der Waals surface area contributed by atoms with Crippen molar-refractivity contribution in [3.05, 3.63) is 29.3 Å². The van der Waals surface area contributed by atoms with Crippen LogP contribution < -0.4 is 10.1 Å². The fourth-order valence-electron chi connectivity index (χ4n) is 3.78. The number of hydrogen-bond acceptors (Lipinski definition) is 4. The lowest BCUT2D eigenvalue weighted by Gasteiger charge is -2.34. The van der Waals surface area contributed by atoms with Gasteiger partial charge in [0.05, 0.1) is 12.7 Å². The average molecular weight is 435 g/mol. The highest BCUT2D eigenvalue weighted by Gasteiger charge is 2.32. The summed E-state index contributed by atoms with van der Waals surface area (Å²) < 4.78 is 11.3. The molecule has 0 atom stereocenters. The van der Waals surface area contributed by atoms with Crippen molar-refractivity contribution < 1.29 is 14.3 Å². The van der Waals surface area contributed by atoms with Gasteiger partial charge in [0, 0.05) is 25.6 Å². The van der Waals surface area contributed by atoms with E-state index >= 15 is 0 Å². The van der Waals surface area contributed by atoms with Crippen LogP contribution in [-0.2, 0) is 16.1 Å². The molecule has 1 aromatic rings. The second kappa shape index (κ2) is 11.7. The molecule has 5 nitrogen and oxygen atoms in total. The zero-order valence-electron chi connectivity index (χ0n) is 19.4. The first-order valence-electron chi connectivity index (χ1n) is 11.1. The molecule has 0 heterocycles. The Bertz CT molecular complexity index is 712. The topological polar surface area (TPSA) is 50.8 Å². The number of aryl methyl sites for hydroxylation is 1. The highest BCUT2D eigenvalue weighted by atomic mass is 32.1. The third-order valence-electron chi connectivity index (χ3n) is 5.66. The van der Waals surface area contributed by atoms with Crippen molar-refractivity contribution in [2.24, 2.45) is 11.8 Å². The lowest BCUT2D eigenvalue weighted by atomic mass is 9.86. The Labute approximate surface area is 187 Å². The molecule has 30 heavy (non-hydrogen) atoms. The van der Waals surface area contributed by atoms with E-state index in [1.165, 1.54) is 5.56 Å². The molecule has 1 saturated carbocycles. The lowest BCUT2D eigenvalue weighted by Crippen LogP contribution is -2.50. The molecular formula is C24H38N2O3S. The minimum atomic E-state index is 0.0134. The normalized spacial score (nSPS) is 19.1. The second-order valence-corrected chi connectivity index (χ2v) is 9.35. The summed E-state index contributed by atoms with van der Waals surface area (Å²) >= 11 is 5.64. The summed E-state index contributed by atoms with van der Waals surface area (Å²) in [6.07, 6.45) is 3.86. The van der Waals surface area contributed by atoms with Crippen LogP contribution in [0.1, 0.15) is 64.5 Å². The van der Waals surface area contributed by atoms with Crippen molar-refractivity contribution in [1.29, 1.82) is 0 Å². The van der Waals surface area contributed by atoms with Gasteiger partial charge in [0.2, 0.25) is 5.91 Å². The number of benzene rings is 1. The summed E-state index contributed by atoms with van der Waals surface area (Å²) in [4.78, 5) is 14.9. The van der Waals surface area contributed by atoms with Crippen molar-refractivity contribution in [2.75, 3.05) is 13.7 Å². The van der Waals surface area contributed by atoms with Gasteiger partial charge in [0.1, 0.15) is 5.75 Å². The van der Waals surface area contributed by atoms with Gasteiger partial charge in [0.25, 0.3) is 0 Å². The zero-order chi connectivity index (χ0) is 22.3. The van der Waals surface area contributed by atoms with Crippen LogP contribution in [0.4, 0.5) is 0 Å². The molecule has 0 aliphatic heterocycles. The Morgan fingerprint density at radius 3 is 2.43 bits per heavy atom. The minimum absolute atomic E-state index is 0.0134. The first kappa shape index (κ1) is 24.6. The second-order valence-electron chi connectivity index (χ2n) is 8.96. The summed E-state index contributed by atoms with van der Waals surface area (Å²) in [5.41, 5.74) is 2.29. The van der Waals surface area contributed by atoms with Crippen molar-refractivity contribution >= 4 is 23.2 Å². The predicted octanol–water partition coefficient (Wildman–Crippen LogP) is 4.85. The molecule has 0 radical (unpaired) electrons. The van der Waals surface area contributed by atoms with Crippen LogP contribution in [0.15, 0.2) is 18.2 Å². The third kappa shape index (κ3) is 6.95. The van der Waals surface area contributed by atoms with Crippen LogP contribution in [-0.4, -0.2) is 41.8 Å². The van der Waals surface area contributed by atoms with Crippen molar-refractivity contribution in [1.82, 2.24) is 10.2 Å². The predicted molar refractivity (Wildman–Crippen MR) is 126 cm³/mol. The molecule has 0 bridgehead atoms. The number of rotatable bonds is 8. The number of hydrogen-bond donors (Lipinski definition) is 1. The number of carbonyl (C=O) groups excluding carboxylic acids is 1. The Morgan fingerprint density at radius 2 is 1.87 bits per heavy atom. The van der Waals surface area contributed by atoms with Gasteiger partial charge >= 0.3 is 0 Å². The van der Waals surface area contributed by atoms with E-state index < -0.39 is 0 Å². The van der Waals surface area contributed by atoms with Crippen LogP contribution in [0.2, 0.25) is 0 Å². The van der Waals surface area contributed by atoms with Gasteiger partial charge in [-0.05, 0) is 87.8 Å². The fraction of sp³-hybridized carbons (Fsp3) is 0.667. The molecule has 0 spiro atoms. The summed E-state index contributed by atoms with van der Waals surface area (Å²) in [5, 5.41) is 3.81. The molecule has 6 heteroatoms. The Hall–Kier alpha value is -1.66.